The van der Waals surface area contributed by atoms with Crippen LogP contribution in [0.4, 0.5) is 4.39 Å². The summed E-state index contributed by atoms with van der Waals surface area (Å²) in [5.74, 6) is 0.602. The third kappa shape index (κ3) is 5.37. The van der Waals surface area contributed by atoms with Crippen molar-refractivity contribution in [2.75, 3.05) is 13.1 Å². The van der Waals surface area contributed by atoms with E-state index in [1.165, 1.54) is 11.6 Å². The van der Waals surface area contributed by atoms with E-state index in [-0.39, 0.29) is 5.82 Å². The van der Waals surface area contributed by atoms with Gasteiger partial charge in [0, 0.05) is 18.8 Å². The molecule has 0 fully saturated rings. The fourth-order valence-corrected chi connectivity index (χ4v) is 2.43. The van der Waals surface area contributed by atoms with Crippen molar-refractivity contribution in [2.24, 2.45) is 4.99 Å². The van der Waals surface area contributed by atoms with E-state index in [0.29, 0.717) is 12.1 Å². The van der Waals surface area contributed by atoms with Crippen LogP contribution >= 0.6 is 0 Å². The quantitative estimate of drug-likeness (QED) is 0.415. The van der Waals surface area contributed by atoms with Crippen molar-refractivity contribution < 1.29 is 4.39 Å². The number of guanidine groups is 1. The molecule has 130 valence electrons. The number of hydrogen-bond donors (Lipinski definition) is 3. The Bertz CT molecular complexity index is 678. The van der Waals surface area contributed by atoms with Crippen LogP contribution in [0.25, 0.3) is 0 Å². The van der Waals surface area contributed by atoms with E-state index in [1.807, 2.05) is 26.1 Å². The van der Waals surface area contributed by atoms with E-state index in [0.717, 1.165) is 43.1 Å². The molecule has 0 unspecified atom stereocenters. The average Bonchev–Trinajstić information content (AvgIpc) is 2.97. The van der Waals surface area contributed by atoms with E-state index >= 15 is 0 Å². The molecule has 0 saturated heterocycles. The van der Waals surface area contributed by atoms with E-state index in [2.05, 4.69) is 25.8 Å². The third-order valence-electron chi connectivity index (χ3n) is 3.84. The van der Waals surface area contributed by atoms with Crippen molar-refractivity contribution in [1.82, 2.24) is 20.8 Å². The van der Waals surface area contributed by atoms with Crippen LogP contribution < -0.4 is 10.6 Å². The van der Waals surface area contributed by atoms with Gasteiger partial charge in [0.25, 0.3) is 0 Å². The molecular formula is C18H26FN5. The van der Waals surface area contributed by atoms with E-state index < -0.39 is 0 Å². The van der Waals surface area contributed by atoms with Gasteiger partial charge in [-0.3, -0.25) is 5.10 Å². The van der Waals surface area contributed by atoms with E-state index in [9.17, 15) is 4.39 Å². The predicted molar refractivity (Wildman–Crippen MR) is 95.6 cm³/mol. The maximum absolute atomic E-state index is 13.3. The second kappa shape index (κ2) is 9.05. The molecule has 2 rings (SSSR count). The molecule has 1 heterocycles. The molecule has 0 spiro atoms. The molecule has 3 N–H and O–H groups in total. The highest BCUT2D eigenvalue weighted by molar-refractivity contribution is 5.79. The SMILES string of the molecule is CCNC(=NCc1ccc(F)c(C)c1)NCCCc1cn[nH]c1C. The molecule has 2 aromatic rings. The summed E-state index contributed by atoms with van der Waals surface area (Å²) in [4.78, 5) is 4.56. The molecule has 0 bridgehead atoms. The summed E-state index contributed by atoms with van der Waals surface area (Å²) >= 11 is 0. The van der Waals surface area contributed by atoms with Gasteiger partial charge in [0.05, 0.1) is 12.7 Å². The second-order valence-corrected chi connectivity index (χ2v) is 5.83. The standard InChI is InChI=1S/C18H26FN5/c1-4-20-18(21-9-5-6-16-12-23-24-14(16)3)22-11-15-7-8-17(19)13(2)10-15/h7-8,10,12H,4-6,9,11H2,1-3H3,(H,23,24)(H2,20,21,22). The number of H-pyrrole nitrogens is 1. The fourth-order valence-electron chi connectivity index (χ4n) is 2.43. The number of rotatable bonds is 7. The van der Waals surface area contributed by atoms with Crippen molar-refractivity contribution in [1.29, 1.82) is 0 Å². The molecule has 0 aliphatic rings. The van der Waals surface area contributed by atoms with E-state index in [1.54, 1.807) is 13.0 Å². The number of aromatic nitrogens is 2. The Morgan fingerprint density at radius 3 is 2.79 bits per heavy atom. The molecule has 6 heteroatoms. The van der Waals surface area contributed by atoms with Crippen LogP contribution in [-0.2, 0) is 13.0 Å². The summed E-state index contributed by atoms with van der Waals surface area (Å²) in [6.07, 6.45) is 3.86. The number of aryl methyl sites for hydroxylation is 3. The smallest absolute Gasteiger partial charge is 0.191 e. The molecule has 0 atom stereocenters. The summed E-state index contributed by atoms with van der Waals surface area (Å²) in [6, 6.07) is 5.11. The van der Waals surface area contributed by atoms with Gasteiger partial charge in [0.2, 0.25) is 0 Å². The number of aliphatic imine (C=N–C) groups is 1. The summed E-state index contributed by atoms with van der Waals surface area (Å²) in [7, 11) is 0. The highest BCUT2D eigenvalue weighted by Crippen LogP contribution is 2.10. The summed E-state index contributed by atoms with van der Waals surface area (Å²) in [5.41, 5.74) is 4.03. The molecule has 24 heavy (non-hydrogen) atoms. The zero-order chi connectivity index (χ0) is 17.4. The van der Waals surface area contributed by atoms with Crippen molar-refractivity contribution in [3.8, 4) is 0 Å². The summed E-state index contributed by atoms with van der Waals surface area (Å²) < 4.78 is 13.3. The van der Waals surface area contributed by atoms with Crippen LogP contribution in [0, 0.1) is 19.7 Å². The lowest BCUT2D eigenvalue weighted by molar-refractivity contribution is 0.617. The molecule has 0 radical (unpaired) electrons. The first kappa shape index (κ1) is 18.0. The predicted octanol–water partition coefficient (Wildman–Crippen LogP) is 2.85. The van der Waals surface area contributed by atoms with Crippen LogP contribution in [0.2, 0.25) is 0 Å². The maximum Gasteiger partial charge on any atom is 0.191 e. The average molecular weight is 331 g/mol. The van der Waals surface area contributed by atoms with Crippen LogP contribution in [-0.4, -0.2) is 29.2 Å². The lowest BCUT2D eigenvalue weighted by Gasteiger charge is -2.11. The first-order valence-electron chi connectivity index (χ1n) is 8.36. The Labute approximate surface area is 142 Å². The normalized spacial score (nSPS) is 11.6. The molecule has 0 aliphatic carbocycles. The Morgan fingerprint density at radius 2 is 2.12 bits per heavy atom. The Morgan fingerprint density at radius 1 is 1.29 bits per heavy atom. The van der Waals surface area contributed by atoms with Gasteiger partial charge in [-0.05, 0) is 56.4 Å². The zero-order valence-corrected chi connectivity index (χ0v) is 14.6. The first-order valence-corrected chi connectivity index (χ1v) is 8.36. The zero-order valence-electron chi connectivity index (χ0n) is 14.6. The van der Waals surface area contributed by atoms with Gasteiger partial charge in [-0.15, -0.1) is 0 Å². The summed E-state index contributed by atoms with van der Waals surface area (Å²) in [6.45, 7) is 8.00. The number of halogens is 1. The number of hydrogen-bond acceptors (Lipinski definition) is 2. The molecule has 5 nitrogen and oxygen atoms in total. The van der Waals surface area contributed by atoms with Gasteiger partial charge >= 0.3 is 0 Å². The Balaban J connectivity index is 1.83. The van der Waals surface area contributed by atoms with Crippen molar-refractivity contribution in [3.63, 3.8) is 0 Å². The molecule has 1 aromatic heterocycles. The lowest BCUT2D eigenvalue weighted by atomic mass is 10.1. The van der Waals surface area contributed by atoms with Crippen molar-refractivity contribution in [2.45, 2.75) is 40.2 Å². The van der Waals surface area contributed by atoms with Gasteiger partial charge in [-0.25, -0.2) is 9.38 Å². The van der Waals surface area contributed by atoms with Crippen molar-refractivity contribution in [3.05, 3.63) is 52.6 Å². The lowest BCUT2D eigenvalue weighted by Crippen LogP contribution is -2.37. The van der Waals surface area contributed by atoms with Gasteiger partial charge in [-0.1, -0.05) is 12.1 Å². The largest absolute Gasteiger partial charge is 0.357 e. The third-order valence-corrected chi connectivity index (χ3v) is 3.84. The van der Waals surface area contributed by atoms with Crippen LogP contribution in [0.1, 0.15) is 35.7 Å². The van der Waals surface area contributed by atoms with Crippen molar-refractivity contribution >= 4 is 5.96 Å². The minimum absolute atomic E-state index is 0.178. The highest BCUT2D eigenvalue weighted by Gasteiger charge is 2.02. The highest BCUT2D eigenvalue weighted by atomic mass is 19.1. The minimum atomic E-state index is -0.178. The minimum Gasteiger partial charge on any atom is -0.357 e. The van der Waals surface area contributed by atoms with Gasteiger partial charge in [0.15, 0.2) is 5.96 Å². The fraction of sp³-hybridized carbons (Fsp3) is 0.444. The molecule has 0 amide bonds. The number of nitrogens with one attached hydrogen (secondary N) is 3. The van der Waals surface area contributed by atoms with Crippen LogP contribution in [0.15, 0.2) is 29.4 Å². The number of aromatic amines is 1. The van der Waals surface area contributed by atoms with E-state index in [4.69, 9.17) is 0 Å². The second-order valence-electron chi connectivity index (χ2n) is 5.83. The Kier molecular flexibility index (Phi) is 6.78. The van der Waals surface area contributed by atoms with Crippen LogP contribution in [0.5, 0.6) is 0 Å². The first-order chi connectivity index (χ1) is 11.6. The van der Waals surface area contributed by atoms with Gasteiger partial charge in [0.1, 0.15) is 5.82 Å². The Hall–Kier alpha value is -2.37. The van der Waals surface area contributed by atoms with Gasteiger partial charge < -0.3 is 10.6 Å². The topological polar surface area (TPSA) is 65.1 Å². The molecule has 0 aliphatic heterocycles. The molecular weight excluding hydrogens is 305 g/mol. The monoisotopic (exact) mass is 331 g/mol. The number of nitrogens with zero attached hydrogens (tertiary/aromatic N) is 2. The van der Waals surface area contributed by atoms with Gasteiger partial charge in [-0.2, -0.15) is 5.10 Å². The molecule has 0 saturated carbocycles. The maximum atomic E-state index is 13.3. The summed E-state index contributed by atoms with van der Waals surface area (Å²) in [5, 5.41) is 13.5. The number of benzene rings is 1. The van der Waals surface area contributed by atoms with Crippen LogP contribution in [0.3, 0.4) is 0 Å². The molecule has 1 aromatic carbocycles.